The quantitative estimate of drug-likeness (QED) is 0.850. The zero-order valence-electron chi connectivity index (χ0n) is 15.7. The van der Waals surface area contributed by atoms with Crippen molar-refractivity contribution >= 4 is 12.4 Å². The molecular weight excluding hydrogens is 324 g/mol. The molecule has 0 heterocycles. The zero-order chi connectivity index (χ0) is 17.0. The molecule has 1 N–H and O–H groups in total. The van der Waals surface area contributed by atoms with E-state index in [1.807, 2.05) is 18.2 Å². The highest BCUT2D eigenvalue weighted by Gasteiger charge is 2.47. The van der Waals surface area contributed by atoms with E-state index in [0.29, 0.717) is 0 Å². The Hall–Kier alpha value is -0.810. The molecule has 0 bridgehead atoms. The first-order valence-electron chi connectivity index (χ1n) is 8.54. The lowest BCUT2D eigenvalue weighted by Crippen LogP contribution is -2.51. The van der Waals surface area contributed by atoms with E-state index in [0.717, 1.165) is 37.2 Å². The van der Waals surface area contributed by atoms with Crippen molar-refractivity contribution < 1.29 is 9.84 Å². The summed E-state index contributed by atoms with van der Waals surface area (Å²) in [6, 6.07) is 7.99. The molecule has 1 fully saturated rings. The number of aliphatic hydroxyl groups is 1. The number of hydrogen-bond acceptors (Lipinski definition) is 4. The second-order valence-electron chi connectivity index (χ2n) is 7.41. The standard InChI is InChI=1S/C19H32N2O2.ClH/c1-20(2)13-16-9-6-10-17(14-21(3)4)19(16,22)15-8-7-11-18(12-15)23-5;/h7-8,11-12,16-17,22H,6,9-10,13-14H2,1-5H3;1H. The summed E-state index contributed by atoms with van der Waals surface area (Å²) in [5.41, 5.74) is 0.191. The van der Waals surface area contributed by atoms with Crippen molar-refractivity contribution in [2.24, 2.45) is 11.8 Å². The molecule has 1 aromatic rings. The van der Waals surface area contributed by atoms with E-state index in [9.17, 15) is 5.11 Å². The van der Waals surface area contributed by atoms with E-state index in [1.165, 1.54) is 6.42 Å². The summed E-state index contributed by atoms with van der Waals surface area (Å²) in [7, 11) is 10.0. The molecule has 138 valence electrons. The predicted molar refractivity (Wildman–Crippen MR) is 102 cm³/mol. The van der Waals surface area contributed by atoms with E-state index < -0.39 is 5.60 Å². The van der Waals surface area contributed by atoms with Crippen LogP contribution in [-0.2, 0) is 5.60 Å². The SMILES string of the molecule is COc1cccc(C2(O)C(CN(C)C)CCCC2CN(C)C)c1.Cl. The van der Waals surface area contributed by atoms with Crippen LogP contribution in [0.2, 0.25) is 0 Å². The Morgan fingerprint density at radius 3 is 2.08 bits per heavy atom. The maximum Gasteiger partial charge on any atom is 0.119 e. The molecule has 0 saturated heterocycles. The van der Waals surface area contributed by atoms with Gasteiger partial charge in [-0.2, -0.15) is 0 Å². The lowest BCUT2D eigenvalue weighted by Gasteiger charge is -2.48. The maximum absolute atomic E-state index is 11.9. The van der Waals surface area contributed by atoms with Gasteiger partial charge in [0.15, 0.2) is 0 Å². The van der Waals surface area contributed by atoms with Crippen LogP contribution in [0.25, 0.3) is 0 Å². The second kappa shape index (κ2) is 9.04. The van der Waals surface area contributed by atoms with Gasteiger partial charge in [-0.15, -0.1) is 12.4 Å². The third kappa shape index (κ3) is 4.63. The summed E-state index contributed by atoms with van der Waals surface area (Å²) >= 11 is 0. The lowest BCUT2D eigenvalue weighted by molar-refractivity contribution is -0.113. The number of halogens is 1. The monoisotopic (exact) mass is 356 g/mol. The van der Waals surface area contributed by atoms with Gasteiger partial charge in [0, 0.05) is 24.9 Å². The minimum Gasteiger partial charge on any atom is -0.497 e. The molecule has 0 radical (unpaired) electrons. The van der Waals surface area contributed by atoms with Crippen LogP contribution in [-0.4, -0.2) is 63.3 Å². The first-order valence-corrected chi connectivity index (χ1v) is 8.54. The van der Waals surface area contributed by atoms with Crippen molar-refractivity contribution in [2.45, 2.75) is 24.9 Å². The summed E-state index contributed by atoms with van der Waals surface area (Å²) in [5.74, 6) is 1.29. The Labute approximate surface area is 153 Å². The van der Waals surface area contributed by atoms with Gasteiger partial charge in [0.05, 0.1) is 12.7 Å². The fraction of sp³-hybridized carbons (Fsp3) is 0.684. The first kappa shape index (κ1) is 21.2. The van der Waals surface area contributed by atoms with Gasteiger partial charge >= 0.3 is 0 Å². The zero-order valence-corrected chi connectivity index (χ0v) is 16.5. The van der Waals surface area contributed by atoms with Gasteiger partial charge in [0.25, 0.3) is 0 Å². The van der Waals surface area contributed by atoms with Gasteiger partial charge < -0.3 is 19.6 Å². The summed E-state index contributed by atoms with van der Waals surface area (Å²) in [5, 5.41) is 11.9. The van der Waals surface area contributed by atoms with Crippen LogP contribution < -0.4 is 4.74 Å². The summed E-state index contributed by atoms with van der Waals surface area (Å²) in [6.45, 7) is 1.80. The molecule has 2 rings (SSSR count). The van der Waals surface area contributed by atoms with Gasteiger partial charge in [-0.3, -0.25) is 0 Å². The summed E-state index contributed by atoms with van der Waals surface area (Å²) in [4.78, 5) is 4.38. The third-order valence-electron chi connectivity index (χ3n) is 5.05. The topological polar surface area (TPSA) is 35.9 Å². The molecule has 2 unspecified atom stereocenters. The molecule has 1 aromatic carbocycles. The number of methoxy groups -OCH3 is 1. The Bertz CT molecular complexity index is 490. The minimum atomic E-state index is -0.804. The van der Waals surface area contributed by atoms with E-state index >= 15 is 0 Å². The van der Waals surface area contributed by atoms with E-state index in [4.69, 9.17) is 4.74 Å². The van der Waals surface area contributed by atoms with Gasteiger partial charge in [-0.25, -0.2) is 0 Å². The van der Waals surface area contributed by atoms with Crippen molar-refractivity contribution in [3.63, 3.8) is 0 Å². The Balaban J connectivity index is 0.00000288. The van der Waals surface area contributed by atoms with Crippen LogP contribution in [0.1, 0.15) is 24.8 Å². The van der Waals surface area contributed by atoms with Gasteiger partial charge in [0.2, 0.25) is 0 Å². The van der Waals surface area contributed by atoms with E-state index in [1.54, 1.807) is 7.11 Å². The molecular formula is C19H33ClN2O2. The van der Waals surface area contributed by atoms with Crippen molar-refractivity contribution in [3.05, 3.63) is 29.8 Å². The molecule has 1 aliphatic carbocycles. The van der Waals surface area contributed by atoms with E-state index in [2.05, 4.69) is 44.1 Å². The predicted octanol–water partition coefficient (Wildman–Crippen LogP) is 2.84. The Kier molecular flexibility index (Phi) is 8.00. The molecule has 4 nitrogen and oxygen atoms in total. The van der Waals surface area contributed by atoms with Gasteiger partial charge in [-0.1, -0.05) is 18.6 Å². The Morgan fingerprint density at radius 2 is 1.62 bits per heavy atom. The smallest absolute Gasteiger partial charge is 0.119 e. The normalized spacial score (nSPS) is 27.2. The molecule has 5 heteroatoms. The average Bonchev–Trinajstić information content (AvgIpc) is 2.50. The van der Waals surface area contributed by atoms with Gasteiger partial charge in [0.1, 0.15) is 5.75 Å². The molecule has 0 aliphatic heterocycles. The van der Waals surface area contributed by atoms with Crippen LogP contribution in [0.4, 0.5) is 0 Å². The minimum absolute atomic E-state index is 0. The number of hydrogen-bond donors (Lipinski definition) is 1. The largest absolute Gasteiger partial charge is 0.497 e. The van der Waals surface area contributed by atoms with Crippen LogP contribution >= 0.6 is 12.4 Å². The molecule has 2 atom stereocenters. The summed E-state index contributed by atoms with van der Waals surface area (Å²) in [6.07, 6.45) is 3.31. The fourth-order valence-electron chi connectivity index (χ4n) is 4.07. The Morgan fingerprint density at radius 1 is 1.08 bits per heavy atom. The van der Waals surface area contributed by atoms with E-state index in [-0.39, 0.29) is 24.2 Å². The molecule has 0 amide bonds. The third-order valence-corrected chi connectivity index (χ3v) is 5.05. The van der Waals surface area contributed by atoms with Crippen LogP contribution in [0.5, 0.6) is 5.75 Å². The number of benzene rings is 1. The maximum atomic E-state index is 11.9. The van der Waals surface area contributed by atoms with Crippen molar-refractivity contribution in [3.8, 4) is 5.75 Å². The highest BCUT2D eigenvalue weighted by Crippen LogP contribution is 2.46. The second-order valence-corrected chi connectivity index (χ2v) is 7.41. The molecule has 0 aromatic heterocycles. The molecule has 24 heavy (non-hydrogen) atoms. The first-order chi connectivity index (χ1) is 10.9. The highest BCUT2D eigenvalue weighted by atomic mass is 35.5. The van der Waals surface area contributed by atoms with Crippen LogP contribution in [0.3, 0.4) is 0 Å². The van der Waals surface area contributed by atoms with Crippen LogP contribution in [0, 0.1) is 11.8 Å². The molecule has 1 saturated carbocycles. The number of rotatable bonds is 6. The van der Waals surface area contributed by atoms with Gasteiger partial charge in [-0.05, 0) is 58.7 Å². The van der Waals surface area contributed by atoms with Crippen molar-refractivity contribution in [2.75, 3.05) is 48.4 Å². The molecule has 0 spiro atoms. The van der Waals surface area contributed by atoms with Crippen molar-refractivity contribution in [1.29, 1.82) is 0 Å². The average molecular weight is 357 g/mol. The molecule has 1 aliphatic rings. The van der Waals surface area contributed by atoms with Crippen LogP contribution in [0.15, 0.2) is 24.3 Å². The number of nitrogens with zero attached hydrogens (tertiary/aromatic N) is 2. The van der Waals surface area contributed by atoms with Crippen molar-refractivity contribution in [1.82, 2.24) is 9.80 Å². The fourth-order valence-corrected chi connectivity index (χ4v) is 4.07. The lowest BCUT2D eigenvalue weighted by atomic mass is 9.64. The highest BCUT2D eigenvalue weighted by molar-refractivity contribution is 5.85. The number of ether oxygens (including phenoxy) is 1. The summed E-state index contributed by atoms with van der Waals surface area (Å²) < 4.78 is 5.39.